The molecule has 0 saturated heterocycles. The number of nitrogens with one attached hydrogen (secondary N) is 4. The van der Waals surface area contributed by atoms with Crippen molar-refractivity contribution in [1.29, 1.82) is 0 Å². The highest BCUT2D eigenvalue weighted by atomic mass is 32.2. The fourth-order valence-corrected chi connectivity index (χ4v) is 4.15. The van der Waals surface area contributed by atoms with Crippen LogP contribution >= 0.6 is 0 Å². The van der Waals surface area contributed by atoms with Crippen LogP contribution < -0.4 is 20.1 Å². The minimum absolute atomic E-state index is 0.156. The Balaban J connectivity index is 2.03. The highest BCUT2D eigenvalue weighted by Gasteiger charge is 2.16. The molecule has 1 atom stereocenters. The van der Waals surface area contributed by atoms with Gasteiger partial charge >= 0.3 is 0 Å². The molecule has 0 fully saturated rings. The summed E-state index contributed by atoms with van der Waals surface area (Å²) in [6.07, 6.45) is 3.39. The van der Waals surface area contributed by atoms with E-state index in [0.717, 1.165) is 18.9 Å². The molecule has 2 rings (SSSR count). The van der Waals surface area contributed by atoms with Crippen molar-refractivity contribution in [2.75, 3.05) is 28.5 Å². The minimum Gasteiger partial charge on any atom is -0.350 e. The summed E-state index contributed by atoms with van der Waals surface area (Å²) in [5.41, 5.74) is 1.08. The molecule has 2 amide bonds. The lowest BCUT2D eigenvalue weighted by atomic mass is 10.1. The summed E-state index contributed by atoms with van der Waals surface area (Å²) in [5.74, 6) is -0.818. The van der Waals surface area contributed by atoms with E-state index in [1.807, 2.05) is 6.92 Å². The standard InChI is InChI=1S/C21H28N4O6S2/c1-4-7-19(23-21(27)16-9-6-11-18(13-16)25-33(3,30)31)14-22-20(26)15-8-5-10-17(12-15)24-32(2,28)29/h5-6,8-13,19,24-25H,4,7,14H2,1-3H3,(H,22,26)(H,23,27). The van der Waals surface area contributed by atoms with Crippen LogP contribution in [0.15, 0.2) is 48.5 Å². The van der Waals surface area contributed by atoms with E-state index in [1.165, 1.54) is 24.3 Å². The van der Waals surface area contributed by atoms with Crippen LogP contribution in [0, 0.1) is 0 Å². The van der Waals surface area contributed by atoms with Gasteiger partial charge in [0.2, 0.25) is 20.0 Å². The summed E-state index contributed by atoms with van der Waals surface area (Å²) in [6.45, 7) is 2.10. The molecule has 180 valence electrons. The monoisotopic (exact) mass is 496 g/mol. The molecule has 2 aromatic rings. The number of hydrogen-bond acceptors (Lipinski definition) is 6. The number of carbonyl (C=O) groups is 2. The normalized spacial score (nSPS) is 12.5. The highest BCUT2D eigenvalue weighted by Crippen LogP contribution is 2.14. The molecule has 0 aliphatic heterocycles. The largest absolute Gasteiger partial charge is 0.350 e. The van der Waals surface area contributed by atoms with Gasteiger partial charge in [0.25, 0.3) is 11.8 Å². The lowest BCUT2D eigenvalue weighted by Crippen LogP contribution is -2.43. The van der Waals surface area contributed by atoms with Crippen LogP contribution in [-0.4, -0.2) is 53.7 Å². The van der Waals surface area contributed by atoms with Crippen LogP contribution in [0.1, 0.15) is 40.5 Å². The number of anilines is 2. The van der Waals surface area contributed by atoms with Gasteiger partial charge in [-0.2, -0.15) is 0 Å². The van der Waals surface area contributed by atoms with Gasteiger partial charge < -0.3 is 10.6 Å². The smallest absolute Gasteiger partial charge is 0.251 e. The molecule has 0 bridgehead atoms. The van der Waals surface area contributed by atoms with Gasteiger partial charge in [-0.05, 0) is 42.8 Å². The fraction of sp³-hybridized carbons (Fsp3) is 0.333. The Kier molecular flexibility index (Phi) is 8.83. The van der Waals surface area contributed by atoms with Crippen LogP contribution in [-0.2, 0) is 20.0 Å². The van der Waals surface area contributed by atoms with Gasteiger partial charge in [-0.1, -0.05) is 25.5 Å². The van der Waals surface area contributed by atoms with Crippen molar-refractivity contribution in [3.8, 4) is 0 Å². The minimum atomic E-state index is -3.48. The van der Waals surface area contributed by atoms with Crippen molar-refractivity contribution < 1.29 is 26.4 Å². The number of rotatable bonds is 11. The molecule has 0 aromatic heterocycles. The molecular formula is C21H28N4O6S2. The topological polar surface area (TPSA) is 151 Å². The summed E-state index contributed by atoms with van der Waals surface area (Å²) < 4.78 is 50.3. The van der Waals surface area contributed by atoms with E-state index in [4.69, 9.17) is 0 Å². The quantitative estimate of drug-likeness (QED) is 0.372. The third-order valence-electron chi connectivity index (χ3n) is 4.34. The first kappa shape index (κ1) is 26.1. The summed E-state index contributed by atoms with van der Waals surface area (Å²) in [7, 11) is -6.95. The van der Waals surface area contributed by atoms with Crippen LogP contribution in [0.4, 0.5) is 11.4 Å². The first-order valence-electron chi connectivity index (χ1n) is 10.1. The van der Waals surface area contributed by atoms with Crippen molar-refractivity contribution in [3.63, 3.8) is 0 Å². The molecule has 1 unspecified atom stereocenters. The molecule has 12 heteroatoms. The van der Waals surface area contributed by atoms with Crippen molar-refractivity contribution >= 4 is 43.2 Å². The third-order valence-corrected chi connectivity index (χ3v) is 5.55. The van der Waals surface area contributed by atoms with Gasteiger partial charge in [0.15, 0.2) is 0 Å². The lowest BCUT2D eigenvalue weighted by molar-refractivity contribution is 0.0906. The summed E-state index contributed by atoms with van der Waals surface area (Å²) in [4.78, 5) is 25.2. The molecule has 0 saturated carbocycles. The molecule has 2 aromatic carbocycles. The number of carbonyl (C=O) groups excluding carboxylic acids is 2. The van der Waals surface area contributed by atoms with Crippen molar-refractivity contribution in [2.24, 2.45) is 0 Å². The van der Waals surface area contributed by atoms with Gasteiger partial charge in [0, 0.05) is 35.1 Å². The van der Waals surface area contributed by atoms with Gasteiger partial charge in [-0.15, -0.1) is 0 Å². The van der Waals surface area contributed by atoms with Crippen molar-refractivity contribution in [2.45, 2.75) is 25.8 Å². The second-order valence-electron chi connectivity index (χ2n) is 7.58. The second kappa shape index (κ2) is 11.1. The van der Waals surface area contributed by atoms with Gasteiger partial charge in [0.1, 0.15) is 0 Å². The van der Waals surface area contributed by atoms with E-state index >= 15 is 0 Å². The molecule has 4 N–H and O–H groups in total. The number of amides is 2. The van der Waals surface area contributed by atoms with E-state index in [1.54, 1.807) is 24.3 Å². The predicted octanol–water partition coefficient (Wildman–Crippen LogP) is 1.76. The van der Waals surface area contributed by atoms with E-state index < -0.39 is 31.9 Å². The Morgan fingerprint density at radius 2 is 1.30 bits per heavy atom. The van der Waals surface area contributed by atoms with Gasteiger partial charge in [-0.3, -0.25) is 19.0 Å². The maximum absolute atomic E-state index is 12.7. The fourth-order valence-electron chi connectivity index (χ4n) is 3.04. The Bertz CT molecular complexity index is 1210. The number of hydrogen-bond donors (Lipinski definition) is 4. The Morgan fingerprint density at radius 1 is 0.818 bits per heavy atom. The van der Waals surface area contributed by atoms with Crippen LogP contribution in [0.2, 0.25) is 0 Å². The Hall–Kier alpha value is -3.12. The van der Waals surface area contributed by atoms with Gasteiger partial charge in [-0.25, -0.2) is 16.8 Å². The zero-order chi connectivity index (χ0) is 24.6. The molecule has 0 aliphatic rings. The first-order valence-corrected chi connectivity index (χ1v) is 13.9. The molecule has 0 heterocycles. The van der Waals surface area contributed by atoms with E-state index in [0.29, 0.717) is 6.42 Å². The number of sulfonamides is 2. The molecular weight excluding hydrogens is 468 g/mol. The molecule has 10 nitrogen and oxygen atoms in total. The maximum Gasteiger partial charge on any atom is 0.251 e. The van der Waals surface area contributed by atoms with Crippen LogP contribution in [0.3, 0.4) is 0 Å². The summed E-state index contributed by atoms with van der Waals surface area (Å²) in [5, 5.41) is 5.60. The van der Waals surface area contributed by atoms with E-state index in [9.17, 15) is 26.4 Å². The Morgan fingerprint density at radius 3 is 1.76 bits per heavy atom. The van der Waals surface area contributed by atoms with Crippen LogP contribution in [0.25, 0.3) is 0 Å². The number of benzene rings is 2. The lowest BCUT2D eigenvalue weighted by Gasteiger charge is -2.19. The average Bonchev–Trinajstić information content (AvgIpc) is 2.69. The molecule has 0 aliphatic carbocycles. The third kappa shape index (κ3) is 9.49. The average molecular weight is 497 g/mol. The van der Waals surface area contributed by atoms with Gasteiger partial charge in [0.05, 0.1) is 12.5 Å². The molecule has 33 heavy (non-hydrogen) atoms. The summed E-state index contributed by atoms with van der Waals surface area (Å²) >= 11 is 0. The maximum atomic E-state index is 12.7. The van der Waals surface area contributed by atoms with Crippen molar-refractivity contribution in [1.82, 2.24) is 10.6 Å². The zero-order valence-electron chi connectivity index (χ0n) is 18.6. The SMILES string of the molecule is CCCC(CNC(=O)c1cccc(NS(C)(=O)=O)c1)NC(=O)c1cccc(NS(C)(=O)=O)c1. The van der Waals surface area contributed by atoms with E-state index in [-0.39, 0.29) is 35.1 Å². The predicted molar refractivity (Wildman–Crippen MR) is 128 cm³/mol. The molecule has 0 spiro atoms. The first-order chi connectivity index (χ1) is 15.4. The molecule has 0 radical (unpaired) electrons. The highest BCUT2D eigenvalue weighted by molar-refractivity contribution is 7.92. The van der Waals surface area contributed by atoms with Crippen molar-refractivity contribution in [3.05, 3.63) is 59.7 Å². The zero-order valence-corrected chi connectivity index (χ0v) is 20.2. The second-order valence-corrected chi connectivity index (χ2v) is 11.1. The Labute approximate surface area is 194 Å². The summed E-state index contributed by atoms with van der Waals surface area (Å²) in [6, 6.07) is 11.8. The van der Waals surface area contributed by atoms with Crippen LogP contribution in [0.5, 0.6) is 0 Å². The van der Waals surface area contributed by atoms with E-state index in [2.05, 4.69) is 20.1 Å².